The highest BCUT2D eigenvalue weighted by atomic mass is 16.5. The minimum Gasteiger partial charge on any atom is -0.497 e. The van der Waals surface area contributed by atoms with Gasteiger partial charge in [-0.25, -0.2) is 0 Å². The summed E-state index contributed by atoms with van der Waals surface area (Å²) in [5.41, 5.74) is 2.97. The molecule has 5 aliphatic carbocycles. The van der Waals surface area contributed by atoms with Gasteiger partial charge in [0.1, 0.15) is 11.5 Å². The quantitative estimate of drug-likeness (QED) is 0.842. The average Bonchev–Trinajstić information content (AvgIpc) is 2.68. The fraction of sp³-hybridized carbons (Fsp3) is 0.696. The van der Waals surface area contributed by atoms with Gasteiger partial charge in [-0.05, 0) is 92.0 Å². The van der Waals surface area contributed by atoms with E-state index >= 15 is 0 Å². The van der Waals surface area contributed by atoms with Gasteiger partial charge in [0.05, 0.1) is 7.11 Å². The summed E-state index contributed by atoms with van der Waals surface area (Å²) in [6.45, 7) is 1.05. The maximum atomic E-state index is 13.5. The van der Waals surface area contributed by atoms with E-state index in [9.17, 15) is 4.79 Å². The van der Waals surface area contributed by atoms with Crippen LogP contribution in [0.1, 0.15) is 49.7 Å². The maximum absolute atomic E-state index is 13.5. The number of methoxy groups -OCH3 is 1. The topological polar surface area (TPSA) is 38.3 Å². The maximum Gasteiger partial charge on any atom is 0.137 e. The van der Waals surface area contributed by atoms with E-state index in [0.717, 1.165) is 37.5 Å². The zero-order valence-electron chi connectivity index (χ0n) is 15.7. The van der Waals surface area contributed by atoms with Crippen LogP contribution in [0.4, 0.5) is 0 Å². The molecule has 3 heteroatoms. The molecule has 1 aromatic rings. The predicted molar refractivity (Wildman–Crippen MR) is 100 cm³/mol. The molecule has 0 amide bonds. The van der Waals surface area contributed by atoms with Crippen LogP contribution in [-0.2, 0) is 16.6 Å². The molecule has 6 aliphatic rings. The molecular weight excluding hydrogens is 322 g/mol. The van der Waals surface area contributed by atoms with Crippen molar-refractivity contribution in [2.45, 2.75) is 56.4 Å². The van der Waals surface area contributed by atoms with Gasteiger partial charge in [-0.1, -0.05) is 6.07 Å². The Morgan fingerprint density at radius 2 is 1.96 bits per heavy atom. The summed E-state index contributed by atoms with van der Waals surface area (Å²) in [6, 6.07) is 7.19. The summed E-state index contributed by atoms with van der Waals surface area (Å²) in [7, 11) is 1.76. The van der Waals surface area contributed by atoms with Crippen LogP contribution in [0.2, 0.25) is 0 Å². The number of fused-ring (bicyclic) bond motifs is 3. The Morgan fingerprint density at radius 1 is 1.15 bits per heavy atom. The van der Waals surface area contributed by atoms with Crippen LogP contribution in [0.3, 0.4) is 0 Å². The first kappa shape index (κ1) is 15.7. The van der Waals surface area contributed by atoms with Crippen molar-refractivity contribution in [2.75, 3.05) is 13.7 Å². The summed E-state index contributed by atoms with van der Waals surface area (Å²) >= 11 is 0. The monoisotopic (exact) mass is 351 g/mol. The second-order valence-corrected chi connectivity index (χ2v) is 9.64. The molecule has 138 valence electrons. The number of rotatable bonds is 1. The summed E-state index contributed by atoms with van der Waals surface area (Å²) in [5.74, 6) is 4.66. The number of carbonyl (C=O) groups is 1. The van der Waals surface area contributed by atoms with Crippen molar-refractivity contribution >= 4 is 5.78 Å². The number of hydrogen-bond donors (Lipinski definition) is 1. The molecule has 0 radical (unpaired) electrons. The largest absolute Gasteiger partial charge is 0.497 e. The predicted octanol–water partition coefficient (Wildman–Crippen LogP) is 3.49. The first-order valence-electron chi connectivity index (χ1n) is 10.6. The van der Waals surface area contributed by atoms with Gasteiger partial charge in [0, 0.05) is 23.8 Å². The fourth-order valence-corrected chi connectivity index (χ4v) is 8.09. The Kier molecular flexibility index (Phi) is 3.22. The molecule has 1 N–H and O–H groups in total. The number of ketones is 1. The van der Waals surface area contributed by atoms with E-state index in [1.54, 1.807) is 7.11 Å². The molecule has 1 aromatic carbocycles. The van der Waals surface area contributed by atoms with Crippen molar-refractivity contribution in [1.82, 2.24) is 5.32 Å². The van der Waals surface area contributed by atoms with Crippen LogP contribution in [0.25, 0.3) is 0 Å². The van der Waals surface area contributed by atoms with Crippen LogP contribution >= 0.6 is 0 Å². The number of benzene rings is 1. The highest BCUT2D eigenvalue weighted by molar-refractivity contribution is 5.85. The molecule has 1 aliphatic heterocycles. The Labute approximate surface area is 155 Å². The van der Waals surface area contributed by atoms with Gasteiger partial charge in [-0.2, -0.15) is 0 Å². The third kappa shape index (κ3) is 1.86. The molecule has 1 saturated heterocycles. The second-order valence-electron chi connectivity index (χ2n) is 9.64. The number of nitrogens with one attached hydrogen (secondary N) is 1. The summed E-state index contributed by atoms with van der Waals surface area (Å²) in [6.07, 6.45) is 8.36. The Morgan fingerprint density at radius 3 is 2.77 bits per heavy atom. The minimum atomic E-state index is 0.0633. The Balaban J connectivity index is 1.54. The van der Waals surface area contributed by atoms with Crippen molar-refractivity contribution < 1.29 is 9.53 Å². The van der Waals surface area contributed by atoms with Crippen LogP contribution in [0.15, 0.2) is 18.2 Å². The minimum absolute atomic E-state index is 0.0633. The number of piperidine rings is 1. The van der Waals surface area contributed by atoms with Gasteiger partial charge in [-0.15, -0.1) is 0 Å². The molecule has 5 fully saturated rings. The molecule has 0 aromatic heterocycles. The van der Waals surface area contributed by atoms with Crippen molar-refractivity contribution in [1.29, 1.82) is 0 Å². The number of ether oxygens (including phenoxy) is 1. The zero-order chi connectivity index (χ0) is 17.5. The van der Waals surface area contributed by atoms with Gasteiger partial charge < -0.3 is 10.1 Å². The third-order valence-electron chi connectivity index (χ3n) is 8.90. The highest BCUT2D eigenvalue weighted by Crippen LogP contribution is 2.64. The van der Waals surface area contributed by atoms with Crippen LogP contribution in [-0.4, -0.2) is 25.5 Å². The SMILES string of the molecule is COc1ccc2c(c1)[C@]13CCN[C@H](C2)[C@@H]1[C@H]1C2CCC(CC2)[C@H]1C(=O)C3. The lowest BCUT2D eigenvalue weighted by molar-refractivity contribution is -0.153. The summed E-state index contributed by atoms with van der Waals surface area (Å²) in [4.78, 5) is 13.5. The van der Waals surface area contributed by atoms with E-state index in [4.69, 9.17) is 4.74 Å². The van der Waals surface area contributed by atoms with Gasteiger partial charge in [0.2, 0.25) is 0 Å². The molecule has 0 unspecified atom stereocenters. The van der Waals surface area contributed by atoms with Crippen LogP contribution in [0.5, 0.6) is 5.75 Å². The highest BCUT2D eigenvalue weighted by Gasteiger charge is 2.64. The lowest BCUT2D eigenvalue weighted by Gasteiger charge is -2.64. The number of hydrogen-bond acceptors (Lipinski definition) is 3. The molecule has 7 rings (SSSR count). The molecule has 1 heterocycles. The van der Waals surface area contributed by atoms with Gasteiger partial charge in [-0.3, -0.25) is 4.79 Å². The Bertz CT molecular complexity index is 765. The third-order valence-corrected chi connectivity index (χ3v) is 8.90. The van der Waals surface area contributed by atoms with E-state index in [-0.39, 0.29) is 5.41 Å². The van der Waals surface area contributed by atoms with Crippen LogP contribution < -0.4 is 10.1 Å². The first-order chi connectivity index (χ1) is 12.7. The molecule has 26 heavy (non-hydrogen) atoms. The van der Waals surface area contributed by atoms with Crippen LogP contribution in [0, 0.1) is 29.6 Å². The van der Waals surface area contributed by atoms with Crippen molar-refractivity contribution in [2.24, 2.45) is 29.6 Å². The van der Waals surface area contributed by atoms with Crippen molar-refractivity contribution in [3.8, 4) is 5.75 Å². The molecular formula is C23H29NO2. The smallest absolute Gasteiger partial charge is 0.137 e. The van der Waals surface area contributed by atoms with E-state index in [1.165, 1.54) is 36.8 Å². The van der Waals surface area contributed by atoms with Crippen molar-refractivity contribution in [3.05, 3.63) is 29.3 Å². The van der Waals surface area contributed by atoms with E-state index < -0.39 is 0 Å². The molecule has 3 nitrogen and oxygen atoms in total. The van der Waals surface area contributed by atoms with E-state index in [0.29, 0.717) is 35.5 Å². The molecule has 4 bridgehead atoms. The summed E-state index contributed by atoms with van der Waals surface area (Å²) < 4.78 is 5.58. The fourth-order valence-electron chi connectivity index (χ4n) is 8.09. The number of Topliss-reactive ketones (excluding diaryl/α,β-unsaturated/α-hetero) is 1. The van der Waals surface area contributed by atoms with Crippen molar-refractivity contribution in [3.63, 3.8) is 0 Å². The molecule has 4 saturated carbocycles. The van der Waals surface area contributed by atoms with Gasteiger partial charge in [0.25, 0.3) is 0 Å². The van der Waals surface area contributed by atoms with Gasteiger partial charge >= 0.3 is 0 Å². The molecule has 5 atom stereocenters. The second kappa shape index (κ2) is 5.34. The summed E-state index contributed by atoms with van der Waals surface area (Å²) in [5, 5.41) is 3.88. The van der Waals surface area contributed by atoms with E-state index in [1.807, 2.05) is 0 Å². The average molecular weight is 351 g/mol. The lowest BCUT2D eigenvalue weighted by Crippen LogP contribution is -2.68. The Hall–Kier alpha value is -1.35. The van der Waals surface area contributed by atoms with E-state index in [2.05, 4.69) is 23.5 Å². The van der Waals surface area contributed by atoms with Gasteiger partial charge in [0.15, 0.2) is 0 Å². The first-order valence-corrected chi connectivity index (χ1v) is 10.6. The standard InChI is InChI=1S/C23H29NO2/c1-26-16-7-6-15-10-18-22-21-14-4-2-13(3-5-14)20(21)19(25)12-23(22,8-9-24-18)17(15)11-16/h6-7,11,13-14,18,20-22,24H,2-5,8-10,12H2,1H3/t13?,14?,18-,20+,21+,22-,23-/m1/s1. The molecule has 0 spiro atoms. The number of carbonyl (C=O) groups excluding carboxylic acids is 1. The zero-order valence-corrected chi connectivity index (χ0v) is 15.7. The normalized spacial score (nSPS) is 45.5. The lowest BCUT2D eigenvalue weighted by atomic mass is 9.41.